The number of hydrogen-bond donors (Lipinski definition) is 2. The average Bonchev–Trinajstić information content (AvgIpc) is 3.20. The molecule has 0 saturated carbocycles. The fourth-order valence-electron chi connectivity index (χ4n) is 3.94. The summed E-state index contributed by atoms with van der Waals surface area (Å²) in [6.07, 6.45) is 2.70. The minimum Gasteiger partial charge on any atom is -0.349 e. The molecular formula is C20H29N7O. The lowest BCUT2D eigenvalue weighted by Crippen LogP contribution is -2.45. The van der Waals surface area contributed by atoms with Crippen LogP contribution < -0.4 is 10.6 Å². The Bertz CT molecular complexity index is 799. The van der Waals surface area contributed by atoms with Crippen molar-refractivity contribution in [3.63, 3.8) is 0 Å². The van der Waals surface area contributed by atoms with Crippen LogP contribution in [0.1, 0.15) is 21.6 Å². The minimum atomic E-state index is -0.152. The van der Waals surface area contributed by atoms with Crippen LogP contribution in [0.4, 0.5) is 0 Å². The van der Waals surface area contributed by atoms with Crippen LogP contribution in [0.5, 0.6) is 0 Å². The number of aromatic nitrogens is 3. The van der Waals surface area contributed by atoms with Gasteiger partial charge in [-0.15, -0.1) is 5.10 Å². The van der Waals surface area contributed by atoms with Crippen molar-refractivity contribution in [2.75, 3.05) is 46.3 Å². The molecule has 3 heterocycles. The molecule has 4 rings (SSSR count). The van der Waals surface area contributed by atoms with Crippen molar-refractivity contribution >= 4 is 5.91 Å². The number of nitrogens with zero attached hydrogens (tertiary/aromatic N) is 5. The maximum Gasteiger partial charge on any atom is 0.273 e. The maximum atomic E-state index is 12.5. The summed E-state index contributed by atoms with van der Waals surface area (Å²) in [5.41, 5.74) is 3.14. The number of carbonyl (C=O) groups excluding carboxylic acids is 1. The van der Waals surface area contributed by atoms with Crippen molar-refractivity contribution in [1.29, 1.82) is 0 Å². The molecule has 2 aromatic rings. The SMILES string of the molecule is CN1Cc2ccccc2C[C@@H]1CNC(=O)c1cn(CCN2CCNCC2)nn1. The molecule has 28 heavy (non-hydrogen) atoms. The second-order valence-electron chi connectivity index (χ2n) is 7.71. The maximum absolute atomic E-state index is 12.5. The first-order valence-corrected chi connectivity index (χ1v) is 10.1. The number of likely N-dealkylation sites (N-methyl/N-ethyl adjacent to an activating group) is 1. The highest BCUT2D eigenvalue weighted by atomic mass is 16.2. The van der Waals surface area contributed by atoms with E-state index in [9.17, 15) is 4.79 Å². The van der Waals surface area contributed by atoms with E-state index >= 15 is 0 Å². The number of piperazine rings is 1. The molecule has 150 valence electrons. The van der Waals surface area contributed by atoms with Gasteiger partial charge in [-0.1, -0.05) is 29.5 Å². The third-order valence-corrected chi connectivity index (χ3v) is 5.74. The van der Waals surface area contributed by atoms with E-state index in [-0.39, 0.29) is 5.91 Å². The van der Waals surface area contributed by atoms with E-state index in [2.05, 4.69) is 62.1 Å². The van der Waals surface area contributed by atoms with E-state index in [1.165, 1.54) is 11.1 Å². The van der Waals surface area contributed by atoms with Crippen LogP contribution in [0, 0.1) is 0 Å². The van der Waals surface area contributed by atoms with E-state index in [4.69, 9.17) is 0 Å². The monoisotopic (exact) mass is 383 g/mol. The lowest BCUT2D eigenvalue weighted by molar-refractivity contribution is 0.0929. The molecule has 8 nitrogen and oxygen atoms in total. The van der Waals surface area contributed by atoms with Crippen molar-refractivity contribution in [1.82, 2.24) is 35.4 Å². The fourth-order valence-corrected chi connectivity index (χ4v) is 3.94. The van der Waals surface area contributed by atoms with E-state index in [1.54, 1.807) is 10.9 Å². The van der Waals surface area contributed by atoms with E-state index < -0.39 is 0 Å². The van der Waals surface area contributed by atoms with Gasteiger partial charge in [-0.2, -0.15) is 0 Å². The first kappa shape index (κ1) is 19.0. The van der Waals surface area contributed by atoms with Crippen LogP contribution >= 0.6 is 0 Å². The molecule has 0 spiro atoms. The van der Waals surface area contributed by atoms with E-state index in [0.717, 1.165) is 52.2 Å². The molecular weight excluding hydrogens is 354 g/mol. The molecule has 2 N–H and O–H groups in total. The molecule has 0 bridgehead atoms. The van der Waals surface area contributed by atoms with Gasteiger partial charge in [0, 0.05) is 51.9 Å². The second kappa shape index (κ2) is 8.81. The Morgan fingerprint density at radius 1 is 1.21 bits per heavy atom. The molecule has 1 atom stereocenters. The Morgan fingerprint density at radius 3 is 2.82 bits per heavy atom. The van der Waals surface area contributed by atoms with Crippen LogP contribution in [-0.2, 0) is 19.5 Å². The van der Waals surface area contributed by atoms with Crippen LogP contribution in [-0.4, -0.2) is 83.1 Å². The van der Waals surface area contributed by atoms with Crippen molar-refractivity contribution in [2.24, 2.45) is 0 Å². The molecule has 1 amide bonds. The standard InChI is InChI=1S/C20H29N7O/c1-25-14-17-5-3-2-4-16(17)12-18(25)13-22-20(28)19-15-27(24-23-19)11-10-26-8-6-21-7-9-26/h2-5,15,18,21H,6-14H2,1H3,(H,22,28)/t18-/m1/s1. The summed E-state index contributed by atoms with van der Waals surface area (Å²) in [6.45, 7) is 7.38. The second-order valence-corrected chi connectivity index (χ2v) is 7.71. The summed E-state index contributed by atoms with van der Waals surface area (Å²) in [5.74, 6) is -0.152. The summed E-state index contributed by atoms with van der Waals surface area (Å²) in [5, 5.41) is 14.6. The smallest absolute Gasteiger partial charge is 0.273 e. The van der Waals surface area contributed by atoms with Gasteiger partial charge in [0.15, 0.2) is 5.69 Å². The normalized spacial score (nSPS) is 20.7. The number of hydrogen-bond acceptors (Lipinski definition) is 6. The summed E-state index contributed by atoms with van der Waals surface area (Å²) in [4.78, 5) is 17.2. The number of amides is 1. The van der Waals surface area contributed by atoms with Gasteiger partial charge in [-0.25, -0.2) is 0 Å². The highest BCUT2D eigenvalue weighted by molar-refractivity contribution is 5.91. The van der Waals surface area contributed by atoms with Gasteiger partial charge >= 0.3 is 0 Å². The summed E-state index contributed by atoms with van der Waals surface area (Å²) >= 11 is 0. The lowest BCUT2D eigenvalue weighted by atomic mass is 9.94. The molecule has 1 fully saturated rings. The number of fused-ring (bicyclic) bond motifs is 1. The molecule has 2 aliphatic rings. The van der Waals surface area contributed by atoms with Gasteiger partial charge in [0.05, 0.1) is 12.7 Å². The summed E-state index contributed by atoms with van der Waals surface area (Å²) in [6, 6.07) is 8.82. The van der Waals surface area contributed by atoms with Gasteiger partial charge in [0.2, 0.25) is 0 Å². The Kier molecular flexibility index (Phi) is 5.99. The van der Waals surface area contributed by atoms with Gasteiger partial charge < -0.3 is 10.6 Å². The first-order chi connectivity index (χ1) is 13.7. The predicted octanol–water partition coefficient (Wildman–Crippen LogP) is -0.0302. The number of carbonyl (C=O) groups is 1. The zero-order chi connectivity index (χ0) is 19.3. The molecule has 8 heteroatoms. The van der Waals surface area contributed by atoms with E-state index in [0.29, 0.717) is 18.3 Å². The molecule has 0 radical (unpaired) electrons. The average molecular weight is 384 g/mol. The molecule has 2 aliphatic heterocycles. The van der Waals surface area contributed by atoms with Crippen LogP contribution in [0.3, 0.4) is 0 Å². The largest absolute Gasteiger partial charge is 0.349 e. The van der Waals surface area contributed by atoms with Crippen LogP contribution in [0.15, 0.2) is 30.5 Å². The van der Waals surface area contributed by atoms with Gasteiger partial charge in [0.25, 0.3) is 5.91 Å². The third-order valence-electron chi connectivity index (χ3n) is 5.74. The summed E-state index contributed by atoms with van der Waals surface area (Å²) in [7, 11) is 2.11. The minimum absolute atomic E-state index is 0.152. The number of benzene rings is 1. The van der Waals surface area contributed by atoms with Gasteiger partial charge in [-0.05, 0) is 24.6 Å². The highest BCUT2D eigenvalue weighted by Crippen LogP contribution is 2.21. The summed E-state index contributed by atoms with van der Waals surface area (Å²) < 4.78 is 1.76. The Labute approximate surface area is 165 Å². The van der Waals surface area contributed by atoms with Crippen molar-refractivity contribution in [3.8, 4) is 0 Å². The zero-order valence-corrected chi connectivity index (χ0v) is 16.5. The van der Waals surface area contributed by atoms with Crippen LogP contribution in [0.2, 0.25) is 0 Å². The molecule has 1 aromatic carbocycles. The van der Waals surface area contributed by atoms with Crippen molar-refractivity contribution < 1.29 is 4.79 Å². The van der Waals surface area contributed by atoms with Crippen molar-refractivity contribution in [3.05, 3.63) is 47.3 Å². The van der Waals surface area contributed by atoms with Gasteiger partial charge in [-0.3, -0.25) is 19.3 Å². The first-order valence-electron chi connectivity index (χ1n) is 10.1. The quantitative estimate of drug-likeness (QED) is 0.730. The highest BCUT2D eigenvalue weighted by Gasteiger charge is 2.24. The molecule has 1 saturated heterocycles. The van der Waals surface area contributed by atoms with Gasteiger partial charge in [0.1, 0.15) is 0 Å². The molecule has 0 aliphatic carbocycles. The Balaban J connectivity index is 1.27. The zero-order valence-electron chi connectivity index (χ0n) is 16.5. The number of nitrogens with one attached hydrogen (secondary N) is 2. The Hall–Kier alpha value is -2.29. The van der Waals surface area contributed by atoms with E-state index in [1.807, 2.05) is 0 Å². The molecule has 1 aromatic heterocycles. The molecule has 0 unspecified atom stereocenters. The fraction of sp³-hybridized carbons (Fsp3) is 0.550. The number of rotatable bonds is 6. The van der Waals surface area contributed by atoms with Crippen molar-refractivity contribution in [2.45, 2.75) is 25.6 Å². The third kappa shape index (κ3) is 4.57. The topological polar surface area (TPSA) is 78.3 Å². The lowest BCUT2D eigenvalue weighted by Gasteiger charge is -2.34. The Morgan fingerprint density at radius 2 is 2.00 bits per heavy atom. The predicted molar refractivity (Wildman–Crippen MR) is 107 cm³/mol. The van der Waals surface area contributed by atoms with Crippen LogP contribution in [0.25, 0.3) is 0 Å².